The predicted octanol–water partition coefficient (Wildman–Crippen LogP) is 1.67. The van der Waals surface area contributed by atoms with E-state index in [2.05, 4.69) is 0 Å². The zero-order chi connectivity index (χ0) is 11.3. The van der Waals surface area contributed by atoms with E-state index in [4.69, 9.17) is 5.73 Å². The summed E-state index contributed by atoms with van der Waals surface area (Å²) in [6.07, 6.45) is 4.87. The minimum absolute atomic E-state index is 0.108. The summed E-state index contributed by atoms with van der Waals surface area (Å²) < 4.78 is 0. The summed E-state index contributed by atoms with van der Waals surface area (Å²) in [6.45, 7) is 0. The van der Waals surface area contributed by atoms with Gasteiger partial charge in [-0.25, -0.2) is 0 Å². The van der Waals surface area contributed by atoms with Crippen LogP contribution in [0.5, 0.6) is 0 Å². The number of nitro groups is 1. The molecular formula is C12H10N2O2. The van der Waals surface area contributed by atoms with Crippen LogP contribution in [0.15, 0.2) is 48.2 Å². The molecule has 0 aromatic heterocycles. The summed E-state index contributed by atoms with van der Waals surface area (Å²) >= 11 is 0. The first-order valence-corrected chi connectivity index (χ1v) is 5.06. The molecule has 0 spiro atoms. The van der Waals surface area contributed by atoms with Gasteiger partial charge in [-0.05, 0) is 11.1 Å². The van der Waals surface area contributed by atoms with E-state index >= 15 is 0 Å². The topological polar surface area (TPSA) is 69.2 Å². The Hall–Kier alpha value is -1.94. The number of rotatable bonds is 1. The number of fused-ring (bicyclic) bond motifs is 2. The summed E-state index contributed by atoms with van der Waals surface area (Å²) in [7, 11) is 0. The van der Waals surface area contributed by atoms with Crippen LogP contribution in [0.4, 0.5) is 0 Å². The van der Waals surface area contributed by atoms with Crippen LogP contribution in [0.25, 0.3) is 0 Å². The van der Waals surface area contributed by atoms with Crippen LogP contribution < -0.4 is 5.73 Å². The van der Waals surface area contributed by atoms with E-state index < -0.39 is 5.54 Å². The van der Waals surface area contributed by atoms with E-state index in [1.807, 2.05) is 24.3 Å². The fourth-order valence-electron chi connectivity index (χ4n) is 2.44. The average Bonchev–Trinajstić information content (AvgIpc) is 2.29. The first-order chi connectivity index (χ1) is 7.61. The molecule has 0 radical (unpaired) electrons. The lowest BCUT2D eigenvalue weighted by atomic mass is 9.68. The van der Waals surface area contributed by atoms with Gasteiger partial charge in [-0.2, -0.15) is 0 Å². The molecule has 80 valence electrons. The smallest absolute Gasteiger partial charge is 0.265 e. The Morgan fingerprint density at radius 1 is 1.31 bits per heavy atom. The van der Waals surface area contributed by atoms with Crippen molar-refractivity contribution in [2.24, 2.45) is 5.73 Å². The summed E-state index contributed by atoms with van der Waals surface area (Å²) in [5.74, 6) is -0.108. The van der Waals surface area contributed by atoms with Gasteiger partial charge in [0.15, 0.2) is 0 Å². The predicted molar refractivity (Wildman–Crippen MR) is 59.3 cm³/mol. The average molecular weight is 214 g/mol. The first kappa shape index (κ1) is 9.30. The highest BCUT2D eigenvalue weighted by Crippen LogP contribution is 2.44. The van der Waals surface area contributed by atoms with Gasteiger partial charge in [0.1, 0.15) is 0 Å². The quantitative estimate of drug-likeness (QED) is 0.571. The van der Waals surface area contributed by atoms with Crippen LogP contribution in [0.3, 0.4) is 0 Å². The first-order valence-electron chi connectivity index (χ1n) is 5.06. The van der Waals surface area contributed by atoms with E-state index in [0.717, 1.165) is 11.1 Å². The number of nitrogens with two attached hydrogens (primary N) is 1. The van der Waals surface area contributed by atoms with Crippen LogP contribution in [-0.2, 0) is 5.54 Å². The molecule has 2 N–H and O–H groups in total. The van der Waals surface area contributed by atoms with Gasteiger partial charge >= 0.3 is 0 Å². The van der Waals surface area contributed by atoms with E-state index in [-0.39, 0.29) is 16.5 Å². The van der Waals surface area contributed by atoms with Crippen molar-refractivity contribution in [3.63, 3.8) is 0 Å². The summed E-state index contributed by atoms with van der Waals surface area (Å²) in [6, 6.07) is 7.89. The number of nitrogens with zero attached hydrogens (tertiary/aromatic N) is 1. The summed E-state index contributed by atoms with van der Waals surface area (Å²) in [5, 5.41) is 10.7. The third-order valence-corrected chi connectivity index (χ3v) is 3.36. The maximum atomic E-state index is 10.7. The molecule has 1 aromatic carbocycles. The summed E-state index contributed by atoms with van der Waals surface area (Å²) in [5.41, 5.74) is 7.85. The molecule has 0 saturated heterocycles. The molecule has 2 bridgehead atoms. The molecule has 1 aromatic rings. The molecule has 3 aliphatic rings. The van der Waals surface area contributed by atoms with Gasteiger partial charge in [0.2, 0.25) is 0 Å². The van der Waals surface area contributed by atoms with Crippen LogP contribution in [0.2, 0.25) is 0 Å². The molecule has 2 unspecified atom stereocenters. The zero-order valence-electron chi connectivity index (χ0n) is 8.46. The largest absolute Gasteiger partial charge is 0.317 e. The Balaban J connectivity index is 2.17. The minimum atomic E-state index is -0.599. The molecule has 4 nitrogen and oxygen atoms in total. The van der Waals surface area contributed by atoms with Crippen molar-refractivity contribution >= 4 is 0 Å². The van der Waals surface area contributed by atoms with Gasteiger partial charge in [0.25, 0.3) is 5.70 Å². The highest BCUT2D eigenvalue weighted by Gasteiger charge is 2.41. The molecule has 4 rings (SSSR count). The Bertz CT molecular complexity index is 530. The van der Waals surface area contributed by atoms with Crippen molar-refractivity contribution in [3.05, 3.63) is 69.4 Å². The second kappa shape index (κ2) is 2.80. The van der Waals surface area contributed by atoms with Gasteiger partial charge in [-0.15, -0.1) is 0 Å². The highest BCUT2D eigenvalue weighted by molar-refractivity contribution is 5.50. The fourth-order valence-corrected chi connectivity index (χ4v) is 2.44. The van der Waals surface area contributed by atoms with Crippen molar-refractivity contribution < 1.29 is 4.92 Å². The maximum Gasteiger partial charge on any atom is 0.265 e. The van der Waals surface area contributed by atoms with Crippen molar-refractivity contribution in [1.29, 1.82) is 0 Å². The zero-order valence-corrected chi connectivity index (χ0v) is 8.46. The third-order valence-electron chi connectivity index (χ3n) is 3.36. The molecule has 0 saturated carbocycles. The molecule has 0 aliphatic heterocycles. The SMILES string of the molecule is NC12C=CC([N+](=O)[O-])=CC1c1ccc2cc1. The Morgan fingerprint density at radius 2 is 2.00 bits per heavy atom. The van der Waals surface area contributed by atoms with Crippen molar-refractivity contribution in [1.82, 2.24) is 0 Å². The molecule has 2 atom stereocenters. The van der Waals surface area contributed by atoms with E-state index in [1.165, 1.54) is 6.08 Å². The molecular weight excluding hydrogens is 204 g/mol. The highest BCUT2D eigenvalue weighted by atomic mass is 16.6. The molecule has 4 heteroatoms. The lowest BCUT2D eigenvalue weighted by Crippen LogP contribution is -2.44. The Labute approximate surface area is 92.2 Å². The van der Waals surface area contributed by atoms with Crippen molar-refractivity contribution in [2.45, 2.75) is 11.5 Å². The third kappa shape index (κ3) is 1.02. The van der Waals surface area contributed by atoms with Crippen LogP contribution >= 0.6 is 0 Å². The standard InChI is InChI=1S/C12H10N2O2/c13-12-6-5-10(14(15)16)7-11(12)8-1-3-9(12)4-2-8/h1-7,11H,13H2. The monoisotopic (exact) mass is 214 g/mol. The molecule has 0 heterocycles. The van der Waals surface area contributed by atoms with Gasteiger partial charge in [0, 0.05) is 18.1 Å². The second-order valence-corrected chi connectivity index (χ2v) is 4.21. The second-order valence-electron chi connectivity index (χ2n) is 4.21. The number of hydrogen-bond acceptors (Lipinski definition) is 3. The van der Waals surface area contributed by atoms with Gasteiger partial charge in [-0.1, -0.05) is 30.3 Å². The molecule has 3 aliphatic carbocycles. The Kier molecular flexibility index (Phi) is 1.63. The van der Waals surface area contributed by atoms with Gasteiger partial charge < -0.3 is 5.73 Å². The lowest BCUT2D eigenvalue weighted by Gasteiger charge is -2.39. The maximum absolute atomic E-state index is 10.7. The fraction of sp³-hybridized carbons (Fsp3) is 0.167. The number of benzene rings is 1. The number of hydrogen-bond donors (Lipinski definition) is 1. The van der Waals surface area contributed by atoms with Crippen molar-refractivity contribution in [2.75, 3.05) is 0 Å². The molecule has 0 amide bonds. The van der Waals surface area contributed by atoms with Gasteiger partial charge in [-0.3, -0.25) is 10.1 Å². The van der Waals surface area contributed by atoms with Crippen LogP contribution in [-0.4, -0.2) is 4.92 Å². The summed E-state index contributed by atoms with van der Waals surface area (Å²) in [4.78, 5) is 10.4. The lowest BCUT2D eigenvalue weighted by molar-refractivity contribution is -0.419. The van der Waals surface area contributed by atoms with Crippen LogP contribution in [0, 0.1) is 10.1 Å². The van der Waals surface area contributed by atoms with E-state index in [9.17, 15) is 10.1 Å². The van der Waals surface area contributed by atoms with Crippen LogP contribution in [0.1, 0.15) is 17.0 Å². The van der Waals surface area contributed by atoms with Crippen molar-refractivity contribution in [3.8, 4) is 0 Å². The van der Waals surface area contributed by atoms with Gasteiger partial charge in [0.05, 0.1) is 10.5 Å². The number of allylic oxidation sites excluding steroid dienone is 1. The minimum Gasteiger partial charge on any atom is -0.317 e. The normalized spacial score (nSPS) is 29.8. The van der Waals surface area contributed by atoms with E-state index in [1.54, 1.807) is 12.2 Å². The molecule has 0 fully saturated rings. The Morgan fingerprint density at radius 3 is 2.62 bits per heavy atom. The van der Waals surface area contributed by atoms with E-state index in [0.29, 0.717) is 0 Å². The molecule has 16 heavy (non-hydrogen) atoms.